The Bertz CT molecular complexity index is 771. The highest BCUT2D eigenvalue weighted by Gasteiger charge is 2.23. The number of hydrogen-bond donors (Lipinski definition) is 1. The van der Waals surface area contributed by atoms with E-state index in [-0.39, 0.29) is 17.9 Å². The van der Waals surface area contributed by atoms with Gasteiger partial charge in [0.05, 0.1) is 6.04 Å². The molecule has 0 aromatic heterocycles. The summed E-state index contributed by atoms with van der Waals surface area (Å²) in [5.41, 5.74) is 2.51. The Hall–Kier alpha value is -2.62. The summed E-state index contributed by atoms with van der Waals surface area (Å²) in [5, 5.41) is 3.17. The van der Waals surface area contributed by atoms with Gasteiger partial charge < -0.3 is 10.2 Å². The lowest BCUT2D eigenvalue weighted by Gasteiger charge is -2.22. The fourth-order valence-electron chi connectivity index (χ4n) is 3.41. The molecule has 0 bridgehead atoms. The minimum Gasteiger partial charge on any atom is -0.345 e. The van der Waals surface area contributed by atoms with E-state index in [4.69, 9.17) is 0 Å². The zero-order chi connectivity index (χ0) is 18.5. The van der Waals surface area contributed by atoms with Gasteiger partial charge in [-0.1, -0.05) is 50.2 Å². The van der Waals surface area contributed by atoms with Gasteiger partial charge in [-0.15, -0.1) is 0 Å². The van der Waals surface area contributed by atoms with Crippen molar-refractivity contribution >= 4 is 17.5 Å². The molecule has 0 radical (unpaired) electrons. The fourth-order valence-corrected chi connectivity index (χ4v) is 3.41. The Kier molecular flexibility index (Phi) is 5.71. The molecule has 1 N–H and O–H groups in total. The van der Waals surface area contributed by atoms with Crippen molar-refractivity contribution in [3.05, 3.63) is 65.7 Å². The smallest absolute Gasteiger partial charge is 0.251 e. The van der Waals surface area contributed by atoms with Crippen LogP contribution in [-0.4, -0.2) is 18.4 Å². The zero-order valence-electron chi connectivity index (χ0n) is 15.4. The zero-order valence-corrected chi connectivity index (χ0v) is 15.4. The van der Waals surface area contributed by atoms with Crippen LogP contribution in [0.3, 0.4) is 0 Å². The standard InChI is InChI=1S/C22H26N2O2/c1-16(2)14-20(17-8-4-3-5-9-17)23-22(26)18-10-6-11-19(15-18)24-13-7-12-21(24)25/h3-6,8-11,15-16,20H,7,12-14H2,1-2H3,(H,23,26)/t20-/m0/s1. The molecule has 1 heterocycles. The van der Waals surface area contributed by atoms with Crippen LogP contribution in [0.2, 0.25) is 0 Å². The lowest BCUT2D eigenvalue weighted by atomic mass is 9.96. The number of rotatable bonds is 6. The monoisotopic (exact) mass is 350 g/mol. The van der Waals surface area contributed by atoms with Crippen molar-refractivity contribution in [1.29, 1.82) is 0 Å². The van der Waals surface area contributed by atoms with Crippen molar-refractivity contribution in [2.45, 2.75) is 39.2 Å². The van der Waals surface area contributed by atoms with Crippen molar-refractivity contribution in [3.8, 4) is 0 Å². The van der Waals surface area contributed by atoms with Gasteiger partial charge in [0.15, 0.2) is 0 Å². The molecule has 0 aliphatic carbocycles. The molecule has 1 fully saturated rings. The van der Waals surface area contributed by atoms with Crippen LogP contribution >= 0.6 is 0 Å². The molecule has 0 spiro atoms. The van der Waals surface area contributed by atoms with Crippen molar-refractivity contribution in [2.75, 3.05) is 11.4 Å². The predicted molar refractivity (Wildman–Crippen MR) is 104 cm³/mol. The van der Waals surface area contributed by atoms with Crippen LogP contribution < -0.4 is 10.2 Å². The molecule has 2 amide bonds. The molecule has 4 heteroatoms. The molecule has 1 saturated heterocycles. The first kappa shape index (κ1) is 18.2. The van der Waals surface area contributed by atoms with Gasteiger partial charge in [-0.3, -0.25) is 9.59 Å². The number of carbonyl (C=O) groups is 2. The minimum absolute atomic E-state index is 0.0271. The highest BCUT2D eigenvalue weighted by Crippen LogP contribution is 2.24. The average molecular weight is 350 g/mol. The molecular formula is C22H26N2O2. The van der Waals surface area contributed by atoms with Crippen molar-refractivity contribution in [2.24, 2.45) is 5.92 Å². The number of hydrogen-bond acceptors (Lipinski definition) is 2. The molecule has 2 aromatic rings. The third-order valence-corrected chi connectivity index (χ3v) is 4.71. The summed E-state index contributed by atoms with van der Waals surface area (Å²) in [5.74, 6) is 0.492. The maximum Gasteiger partial charge on any atom is 0.251 e. The summed E-state index contributed by atoms with van der Waals surface area (Å²) < 4.78 is 0. The van der Waals surface area contributed by atoms with E-state index in [1.54, 1.807) is 11.0 Å². The number of benzene rings is 2. The van der Waals surface area contributed by atoms with Gasteiger partial charge >= 0.3 is 0 Å². The SMILES string of the molecule is CC(C)C[C@H](NC(=O)c1cccc(N2CCCC2=O)c1)c1ccccc1. The predicted octanol–water partition coefficient (Wildman–Crippen LogP) is 4.33. The first-order chi connectivity index (χ1) is 12.5. The van der Waals surface area contributed by atoms with Gasteiger partial charge in [0.25, 0.3) is 5.91 Å². The minimum atomic E-state index is -0.104. The molecule has 3 rings (SSSR count). The number of anilines is 1. The molecule has 26 heavy (non-hydrogen) atoms. The van der Waals surface area contributed by atoms with E-state index in [9.17, 15) is 9.59 Å². The Morgan fingerprint density at radius 3 is 2.54 bits per heavy atom. The Morgan fingerprint density at radius 2 is 1.88 bits per heavy atom. The van der Waals surface area contributed by atoms with Gasteiger partial charge in [-0.25, -0.2) is 0 Å². The van der Waals surface area contributed by atoms with Crippen LogP contribution in [0, 0.1) is 5.92 Å². The summed E-state index contributed by atoms with van der Waals surface area (Å²) in [4.78, 5) is 26.6. The second-order valence-electron chi connectivity index (χ2n) is 7.27. The van der Waals surface area contributed by atoms with Gasteiger partial charge in [-0.05, 0) is 42.5 Å². The normalized spacial score (nSPS) is 15.3. The van der Waals surface area contributed by atoms with E-state index in [0.717, 1.165) is 30.6 Å². The Labute approximate surface area is 155 Å². The van der Waals surface area contributed by atoms with Crippen LogP contribution in [0.4, 0.5) is 5.69 Å². The lowest BCUT2D eigenvalue weighted by molar-refractivity contribution is -0.117. The number of carbonyl (C=O) groups excluding carboxylic acids is 2. The van der Waals surface area contributed by atoms with Crippen molar-refractivity contribution < 1.29 is 9.59 Å². The molecular weight excluding hydrogens is 324 g/mol. The van der Waals surface area contributed by atoms with Gasteiger partial charge in [0.1, 0.15) is 0 Å². The molecule has 2 aromatic carbocycles. The maximum absolute atomic E-state index is 12.8. The lowest BCUT2D eigenvalue weighted by Crippen LogP contribution is -2.30. The first-order valence-electron chi connectivity index (χ1n) is 9.31. The van der Waals surface area contributed by atoms with E-state index in [1.165, 1.54) is 0 Å². The summed E-state index contributed by atoms with van der Waals surface area (Å²) in [6.45, 7) is 5.04. The van der Waals surface area contributed by atoms with E-state index in [2.05, 4.69) is 19.2 Å². The van der Waals surface area contributed by atoms with Crippen LogP contribution in [-0.2, 0) is 4.79 Å². The molecule has 0 saturated carbocycles. The van der Waals surface area contributed by atoms with Crippen LogP contribution in [0.15, 0.2) is 54.6 Å². The number of amides is 2. The van der Waals surface area contributed by atoms with E-state index < -0.39 is 0 Å². The molecule has 1 atom stereocenters. The first-order valence-corrected chi connectivity index (χ1v) is 9.31. The topological polar surface area (TPSA) is 49.4 Å². The van der Waals surface area contributed by atoms with Gasteiger partial charge in [-0.2, -0.15) is 0 Å². The third-order valence-electron chi connectivity index (χ3n) is 4.71. The highest BCUT2D eigenvalue weighted by atomic mass is 16.2. The second kappa shape index (κ2) is 8.17. The summed E-state index contributed by atoms with van der Waals surface area (Å²) in [7, 11) is 0. The number of nitrogens with one attached hydrogen (secondary N) is 1. The Morgan fingerprint density at radius 1 is 1.12 bits per heavy atom. The second-order valence-corrected chi connectivity index (χ2v) is 7.27. The summed E-state index contributed by atoms with van der Waals surface area (Å²) in [6, 6.07) is 17.4. The van der Waals surface area contributed by atoms with E-state index >= 15 is 0 Å². The molecule has 1 aliphatic heterocycles. The third kappa shape index (κ3) is 4.31. The van der Waals surface area contributed by atoms with Crippen LogP contribution in [0.1, 0.15) is 55.1 Å². The van der Waals surface area contributed by atoms with Crippen LogP contribution in [0.5, 0.6) is 0 Å². The quantitative estimate of drug-likeness (QED) is 0.843. The maximum atomic E-state index is 12.8. The van der Waals surface area contributed by atoms with Gasteiger partial charge in [0, 0.05) is 24.2 Å². The largest absolute Gasteiger partial charge is 0.345 e. The molecule has 136 valence electrons. The molecule has 4 nitrogen and oxygen atoms in total. The van der Waals surface area contributed by atoms with Gasteiger partial charge in [0.2, 0.25) is 5.91 Å². The molecule has 0 unspecified atom stereocenters. The average Bonchev–Trinajstić information content (AvgIpc) is 3.07. The summed E-state index contributed by atoms with van der Waals surface area (Å²) >= 11 is 0. The van der Waals surface area contributed by atoms with Crippen molar-refractivity contribution in [3.63, 3.8) is 0 Å². The van der Waals surface area contributed by atoms with Crippen LogP contribution in [0.25, 0.3) is 0 Å². The fraction of sp³-hybridized carbons (Fsp3) is 0.364. The summed E-state index contributed by atoms with van der Waals surface area (Å²) in [6.07, 6.45) is 2.33. The van der Waals surface area contributed by atoms with E-state index in [1.807, 2.05) is 48.5 Å². The van der Waals surface area contributed by atoms with Crippen molar-refractivity contribution in [1.82, 2.24) is 5.32 Å². The Balaban J connectivity index is 1.78. The van der Waals surface area contributed by atoms with E-state index in [0.29, 0.717) is 17.9 Å². The molecule has 1 aliphatic rings. The number of nitrogens with zero attached hydrogens (tertiary/aromatic N) is 1. The highest BCUT2D eigenvalue weighted by molar-refractivity contribution is 5.99.